The molecular weight excluding hydrogens is 388 g/mol. The summed E-state index contributed by atoms with van der Waals surface area (Å²) in [5.41, 5.74) is -5.20. The van der Waals surface area contributed by atoms with Crippen molar-refractivity contribution in [3.63, 3.8) is 0 Å². The lowest BCUT2D eigenvalue weighted by atomic mass is 10.1. The summed E-state index contributed by atoms with van der Waals surface area (Å²) < 4.78 is 57.2. The lowest BCUT2D eigenvalue weighted by Crippen LogP contribution is -2.45. The van der Waals surface area contributed by atoms with Gasteiger partial charge in [0.1, 0.15) is 11.4 Å². The van der Waals surface area contributed by atoms with E-state index in [0.717, 1.165) is 13.0 Å². The molecule has 2 N–H and O–H groups in total. The lowest BCUT2D eigenvalue weighted by Gasteiger charge is -2.25. The van der Waals surface area contributed by atoms with Gasteiger partial charge in [0.15, 0.2) is 5.60 Å². The predicted molar refractivity (Wildman–Crippen MR) is 90.0 cm³/mol. The number of hydrogen-bond acceptors (Lipinski definition) is 5. The van der Waals surface area contributed by atoms with Gasteiger partial charge in [0, 0.05) is 11.8 Å². The fourth-order valence-electron chi connectivity index (χ4n) is 2.30. The molecule has 1 aromatic carbocycles. The highest BCUT2D eigenvalue weighted by atomic mass is 19.4. The summed E-state index contributed by atoms with van der Waals surface area (Å²) in [5.74, 6) is -1.51. The van der Waals surface area contributed by atoms with Gasteiger partial charge in [-0.2, -0.15) is 13.2 Å². The van der Waals surface area contributed by atoms with E-state index >= 15 is 0 Å². The minimum absolute atomic E-state index is 0.192. The standard InChI is InChI=1S/C17H16F4N2O5/c1-16(25,9-28-12-5-2-10(18)3-6-12)15(24)22-11-4-7-14(23(26)27)13(8-11)17(19,20)21/h2-5,7-8,12,25H,6,9H2,1H3,(H,22,24)/t12?,16-/m0/s1. The highest BCUT2D eigenvalue weighted by Crippen LogP contribution is 2.37. The first kappa shape index (κ1) is 21.5. The monoisotopic (exact) mass is 404 g/mol. The van der Waals surface area contributed by atoms with Gasteiger partial charge >= 0.3 is 6.18 Å². The van der Waals surface area contributed by atoms with Gasteiger partial charge in [-0.05, 0) is 37.6 Å². The van der Waals surface area contributed by atoms with E-state index in [0.29, 0.717) is 12.1 Å². The van der Waals surface area contributed by atoms with Crippen LogP contribution in [0.2, 0.25) is 0 Å². The molecule has 1 aliphatic carbocycles. The van der Waals surface area contributed by atoms with Crippen LogP contribution in [0.15, 0.2) is 42.3 Å². The number of nitro groups is 1. The van der Waals surface area contributed by atoms with E-state index in [1.54, 1.807) is 0 Å². The summed E-state index contributed by atoms with van der Waals surface area (Å²) in [6.07, 6.45) is -1.57. The van der Waals surface area contributed by atoms with Crippen LogP contribution < -0.4 is 5.32 Å². The minimum Gasteiger partial charge on any atom is -0.378 e. The lowest BCUT2D eigenvalue weighted by molar-refractivity contribution is -0.388. The van der Waals surface area contributed by atoms with Crippen LogP contribution in [0.3, 0.4) is 0 Å². The molecule has 1 aliphatic rings. The summed E-state index contributed by atoms with van der Waals surface area (Å²) in [7, 11) is 0. The molecule has 0 radical (unpaired) electrons. The molecule has 7 nitrogen and oxygen atoms in total. The third-order valence-electron chi connectivity index (χ3n) is 3.84. The number of carbonyl (C=O) groups excluding carboxylic acids is 1. The van der Waals surface area contributed by atoms with Gasteiger partial charge in [-0.1, -0.05) is 6.08 Å². The minimum atomic E-state index is -5.01. The number of allylic oxidation sites excluding steroid dienone is 2. The number of carbonyl (C=O) groups is 1. The van der Waals surface area contributed by atoms with E-state index in [1.165, 1.54) is 18.2 Å². The number of hydrogen-bond donors (Lipinski definition) is 2. The molecule has 0 spiro atoms. The van der Waals surface area contributed by atoms with E-state index in [1.807, 2.05) is 0 Å². The Morgan fingerprint density at radius 1 is 1.43 bits per heavy atom. The predicted octanol–water partition coefficient (Wildman–Crippen LogP) is 3.50. The molecule has 28 heavy (non-hydrogen) atoms. The highest BCUT2D eigenvalue weighted by molar-refractivity contribution is 5.97. The van der Waals surface area contributed by atoms with Gasteiger partial charge in [0.05, 0.1) is 17.6 Å². The molecule has 1 aromatic rings. The van der Waals surface area contributed by atoms with E-state index in [2.05, 4.69) is 5.32 Å². The molecule has 152 valence electrons. The second-order valence-corrected chi connectivity index (χ2v) is 6.25. The zero-order chi connectivity index (χ0) is 21.1. The Morgan fingerprint density at radius 2 is 2.11 bits per heavy atom. The Kier molecular flexibility index (Phi) is 6.20. The number of benzene rings is 1. The van der Waals surface area contributed by atoms with Crippen LogP contribution >= 0.6 is 0 Å². The Balaban J connectivity index is 2.08. The van der Waals surface area contributed by atoms with Crippen LogP contribution in [0.4, 0.5) is 28.9 Å². The second-order valence-electron chi connectivity index (χ2n) is 6.25. The molecule has 1 amide bonds. The van der Waals surface area contributed by atoms with Crippen LogP contribution in [0.25, 0.3) is 0 Å². The molecule has 11 heteroatoms. The van der Waals surface area contributed by atoms with E-state index in [4.69, 9.17) is 4.74 Å². The number of halogens is 4. The van der Waals surface area contributed by atoms with Gasteiger partial charge in [-0.15, -0.1) is 0 Å². The van der Waals surface area contributed by atoms with Crippen LogP contribution in [0.5, 0.6) is 0 Å². The average molecular weight is 404 g/mol. The molecule has 0 saturated carbocycles. The van der Waals surface area contributed by atoms with Gasteiger partial charge < -0.3 is 15.2 Å². The van der Waals surface area contributed by atoms with Gasteiger partial charge in [0.25, 0.3) is 11.6 Å². The zero-order valence-corrected chi connectivity index (χ0v) is 14.5. The number of anilines is 1. The zero-order valence-electron chi connectivity index (χ0n) is 14.5. The number of aliphatic hydroxyl groups is 1. The van der Waals surface area contributed by atoms with Crippen molar-refractivity contribution in [2.24, 2.45) is 0 Å². The van der Waals surface area contributed by atoms with Crippen molar-refractivity contribution in [2.75, 3.05) is 11.9 Å². The maximum absolute atomic E-state index is 13.0. The highest BCUT2D eigenvalue weighted by Gasteiger charge is 2.39. The van der Waals surface area contributed by atoms with Crippen LogP contribution in [0, 0.1) is 10.1 Å². The fraction of sp³-hybridized carbons (Fsp3) is 0.353. The molecule has 0 bridgehead atoms. The van der Waals surface area contributed by atoms with Crippen molar-refractivity contribution in [1.82, 2.24) is 0 Å². The summed E-state index contributed by atoms with van der Waals surface area (Å²) >= 11 is 0. The largest absolute Gasteiger partial charge is 0.423 e. The Hall–Kier alpha value is -2.79. The Labute approximate surface area is 156 Å². The molecule has 0 fully saturated rings. The van der Waals surface area contributed by atoms with E-state index < -0.39 is 52.4 Å². The smallest absolute Gasteiger partial charge is 0.378 e. The quantitative estimate of drug-likeness (QED) is 0.429. The third kappa shape index (κ3) is 5.36. The maximum atomic E-state index is 13.0. The first-order chi connectivity index (χ1) is 12.9. The summed E-state index contributed by atoms with van der Waals surface area (Å²) in [4.78, 5) is 21.8. The number of amides is 1. The van der Waals surface area contributed by atoms with Crippen LogP contribution in [-0.4, -0.2) is 34.2 Å². The van der Waals surface area contributed by atoms with Crippen molar-refractivity contribution in [2.45, 2.75) is 31.2 Å². The molecule has 0 aromatic heterocycles. The van der Waals surface area contributed by atoms with Crippen molar-refractivity contribution in [3.8, 4) is 0 Å². The van der Waals surface area contributed by atoms with Crippen LogP contribution in [0.1, 0.15) is 18.9 Å². The number of rotatable bonds is 6. The van der Waals surface area contributed by atoms with Crippen LogP contribution in [-0.2, 0) is 15.7 Å². The summed E-state index contributed by atoms with van der Waals surface area (Å²) in [6.45, 7) is 0.573. The first-order valence-corrected chi connectivity index (χ1v) is 7.95. The number of alkyl halides is 3. The molecule has 0 saturated heterocycles. The van der Waals surface area contributed by atoms with Gasteiger partial charge in [-0.25, -0.2) is 4.39 Å². The second kappa shape index (κ2) is 8.07. The topological polar surface area (TPSA) is 102 Å². The van der Waals surface area contributed by atoms with E-state index in [9.17, 15) is 37.6 Å². The summed E-state index contributed by atoms with van der Waals surface area (Å²) in [5, 5.41) is 23.0. The van der Waals surface area contributed by atoms with E-state index in [-0.39, 0.29) is 12.1 Å². The fourth-order valence-corrected chi connectivity index (χ4v) is 2.30. The number of nitro benzene ring substituents is 1. The maximum Gasteiger partial charge on any atom is 0.423 e. The molecule has 0 heterocycles. The Bertz CT molecular complexity index is 833. The third-order valence-corrected chi connectivity index (χ3v) is 3.84. The molecule has 2 rings (SSSR count). The van der Waals surface area contributed by atoms with Crippen molar-refractivity contribution >= 4 is 17.3 Å². The van der Waals surface area contributed by atoms with Crippen molar-refractivity contribution in [1.29, 1.82) is 0 Å². The van der Waals surface area contributed by atoms with Gasteiger partial charge in [-0.3, -0.25) is 14.9 Å². The average Bonchev–Trinajstić information content (AvgIpc) is 2.60. The first-order valence-electron chi connectivity index (χ1n) is 7.95. The van der Waals surface area contributed by atoms with Crippen molar-refractivity contribution < 1.29 is 37.1 Å². The molecular formula is C17H16F4N2O5. The summed E-state index contributed by atoms with van der Waals surface area (Å²) in [6, 6.07) is 1.93. The number of ether oxygens (including phenoxy) is 1. The molecule has 0 aliphatic heterocycles. The van der Waals surface area contributed by atoms with Gasteiger partial charge in [0.2, 0.25) is 0 Å². The number of nitrogens with zero attached hydrogens (tertiary/aromatic N) is 1. The SMILES string of the molecule is C[C@](O)(COC1C=CC(F)=CC1)C(=O)Nc1ccc([N+](=O)[O-])c(C(F)(F)F)c1. The normalized spacial score (nSPS) is 18.9. The molecule has 2 atom stereocenters. The Morgan fingerprint density at radius 3 is 2.64 bits per heavy atom. The number of nitrogens with one attached hydrogen (secondary N) is 1. The molecule has 1 unspecified atom stereocenters. The van der Waals surface area contributed by atoms with Crippen molar-refractivity contribution in [3.05, 3.63) is 57.9 Å².